The Kier molecular flexibility index (Phi) is 6.66. The van der Waals surface area contributed by atoms with Crippen molar-refractivity contribution in [3.63, 3.8) is 0 Å². The molecule has 1 aliphatic heterocycles. The molecule has 0 saturated carbocycles. The van der Waals surface area contributed by atoms with E-state index in [1.807, 2.05) is 4.90 Å². The SMILES string of the molecule is CCOC(=O)c1ccc(NC(=O)N2CCN(Cc3ccccc3C)CC2)cc1. The van der Waals surface area contributed by atoms with Crippen LogP contribution in [0.1, 0.15) is 28.4 Å². The topological polar surface area (TPSA) is 61.9 Å². The second kappa shape index (κ2) is 9.37. The Morgan fingerprint density at radius 1 is 1.00 bits per heavy atom. The van der Waals surface area contributed by atoms with Crippen LogP contribution in [0.5, 0.6) is 0 Å². The molecule has 2 aromatic carbocycles. The van der Waals surface area contributed by atoms with Crippen LogP contribution in [0.4, 0.5) is 10.5 Å². The van der Waals surface area contributed by atoms with Crippen molar-refractivity contribution in [3.8, 4) is 0 Å². The summed E-state index contributed by atoms with van der Waals surface area (Å²) in [7, 11) is 0. The van der Waals surface area contributed by atoms with Crippen molar-refractivity contribution in [2.45, 2.75) is 20.4 Å². The highest BCUT2D eigenvalue weighted by Crippen LogP contribution is 2.15. The lowest BCUT2D eigenvalue weighted by atomic mass is 10.1. The lowest BCUT2D eigenvalue weighted by molar-refractivity contribution is 0.0526. The highest BCUT2D eigenvalue weighted by atomic mass is 16.5. The maximum atomic E-state index is 12.5. The number of rotatable bonds is 5. The van der Waals surface area contributed by atoms with E-state index in [1.54, 1.807) is 31.2 Å². The molecule has 0 aliphatic carbocycles. The van der Waals surface area contributed by atoms with Gasteiger partial charge in [0, 0.05) is 38.4 Å². The molecule has 1 aliphatic rings. The van der Waals surface area contributed by atoms with Crippen LogP contribution in [-0.4, -0.2) is 54.6 Å². The number of nitrogens with zero attached hydrogens (tertiary/aromatic N) is 2. The molecule has 6 heteroatoms. The van der Waals surface area contributed by atoms with Crippen LogP contribution >= 0.6 is 0 Å². The molecule has 3 rings (SSSR count). The van der Waals surface area contributed by atoms with E-state index in [0.717, 1.165) is 19.6 Å². The van der Waals surface area contributed by atoms with Gasteiger partial charge in [-0.15, -0.1) is 0 Å². The van der Waals surface area contributed by atoms with Gasteiger partial charge >= 0.3 is 12.0 Å². The third kappa shape index (κ3) is 5.10. The molecule has 2 amide bonds. The number of carbonyl (C=O) groups is 2. The minimum absolute atomic E-state index is 0.112. The largest absolute Gasteiger partial charge is 0.462 e. The van der Waals surface area contributed by atoms with E-state index < -0.39 is 0 Å². The second-order valence-electron chi connectivity index (χ2n) is 6.92. The Morgan fingerprint density at radius 2 is 1.68 bits per heavy atom. The number of anilines is 1. The molecule has 1 saturated heterocycles. The number of piperazine rings is 1. The van der Waals surface area contributed by atoms with Crippen molar-refractivity contribution in [2.24, 2.45) is 0 Å². The van der Waals surface area contributed by atoms with Crippen molar-refractivity contribution in [1.29, 1.82) is 0 Å². The van der Waals surface area contributed by atoms with Crippen LogP contribution in [0.3, 0.4) is 0 Å². The third-order valence-electron chi connectivity index (χ3n) is 4.96. The molecule has 1 N–H and O–H groups in total. The first-order valence-corrected chi connectivity index (χ1v) is 9.67. The molecule has 0 radical (unpaired) electrons. The normalized spacial score (nSPS) is 14.6. The van der Waals surface area contributed by atoms with Crippen molar-refractivity contribution in [1.82, 2.24) is 9.80 Å². The number of hydrogen-bond donors (Lipinski definition) is 1. The number of benzene rings is 2. The molecule has 0 bridgehead atoms. The summed E-state index contributed by atoms with van der Waals surface area (Å²) < 4.78 is 4.96. The Morgan fingerprint density at radius 3 is 2.32 bits per heavy atom. The fourth-order valence-electron chi connectivity index (χ4n) is 3.24. The molecule has 28 heavy (non-hydrogen) atoms. The molecule has 1 fully saturated rings. The summed E-state index contributed by atoms with van der Waals surface area (Å²) in [6.07, 6.45) is 0. The average molecular weight is 381 g/mol. The van der Waals surface area contributed by atoms with Gasteiger partial charge in [-0.25, -0.2) is 9.59 Å². The van der Waals surface area contributed by atoms with Crippen LogP contribution in [0.2, 0.25) is 0 Å². The van der Waals surface area contributed by atoms with Crippen molar-refractivity contribution >= 4 is 17.7 Å². The first-order chi connectivity index (χ1) is 13.6. The Balaban J connectivity index is 1.48. The van der Waals surface area contributed by atoms with Gasteiger partial charge in [-0.3, -0.25) is 4.90 Å². The molecule has 0 aromatic heterocycles. The van der Waals surface area contributed by atoms with Gasteiger partial charge in [0.1, 0.15) is 0 Å². The summed E-state index contributed by atoms with van der Waals surface area (Å²) in [4.78, 5) is 28.4. The standard InChI is InChI=1S/C22H27N3O3/c1-3-28-21(26)18-8-10-20(11-9-18)23-22(27)25-14-12-24(13-15-25)16-19-7-5-4-6-17(19)2/h4-11H,3,12-16H2,1-2H3,(H,23,27). The van der Waals surface area contributed by atoms with Gasteiger partial charge in [0.25, 0.3) is 0 Å². The van der Waals surface area contributed by atoms with Crippen LogP contribution in [-0.2, 0) is 11.3 Å². The van der Waals surface area contributed by atoms with E-state index in [-0.39, 0.29) is 12.0 Å². The van der Waals surface area contributed by atoms with Gasteiger partial charge in [-0.1, -0.05) is 24.3 Å². The number of carbonyl (C=O) groups excluding carboxylic acids is 2. The highest BCUT2D eigenvalue weighted by molar-refractivity contribution is 5.92. The van der Waals surface area contributed by atoms with Crippen LogP contribution in [0, 0.1) is 6.92 Å². The number of nitrogens with one attached hydrogen (secondary N) is 1. The fraction of sp³-hybridized carbons (Fsp3) is 0.364. The van der Waals surface area contributed by atoms with Gasteiger partial charge in [0.2, 0.25) is 0 Å². The fourth-order valence-corrected chi connectivity index (χ4v) is 3.24. The predicted molar refractivity (Wildman–Crippen MR) is 109 cm³/mol. The molecule has 148 valence electrons. The summed E-state index contributed by atoms with van der Waals surface area (Å²) in [6, 6.07) is 15.1. The second-order valence-corrected chi connectivity index (χ2v) is 6.92. The number of amides is 2. The zero-order chi connectivity index (χ0) is 19.9. The van der Waals surface area contributed by atoms with E-state index in [9.17, 15) is 9.59 Å². The quantitative estimate of drug-likeness (QED) is 0.805. The van der Waals surface area contributed by atoms with Crippen LogP contribution in [0.15, 0.2) is 48.5 Å². The lowest BCUT2D eigenvalue weighted by Gasteiger charge is -2.35. The zero-order valence-electron chi connectivity index (χ0n) is 16.5. The van der Waals surface area contributed by atoms with Gasteiger partial charge in [-0.2, -0.15) is 0 Å². The van der Waals surface area contributed by atoms with E-state index in [1.165, 1.54) is 11.1 Å². The smallest absolute Gasteiger partial charge is 0.338 e. The van der Waals surface area contributed by atoms with E-state index >= 15 is 0 Å². The van der Waals surface area contributed by atoms with Crippen LogP contribution < -0.4 is 5.32 Å². The van der Waals surface area contributed by atoms with E-state index in [4.69, 9.17) is 4.74 Å². The minimum Gasteiger partial charge on any atom is -0.462 e. The van der Waals surface area contributed by atoms with Gasteiger partial charge in [-0.05, 0) is 49.2 Å². The predicted octanol–water partition coefficient (Wildman–Crippen LogP) is 3.52. The Bertz CT molecular complexity index is 812. The number of ether oxygens (including phenoxy) is 1. The Labute approximate surface area is 166 Å². The summed E-state index contributed by atoms with van der Waals surface area (Å²) in [6.45, 7) is 8.24. The van der Waals surface area contributed by atoms with Crippen molar-refractivity contribution < 1.29 is 14.3 Å². The first kappa shape index (κ1) is 19.9. The van der Waals surface area contributed by atoms with Crippen molar-refractivity contribution in [2.75, 3.05) is 38.1 Å². The molecular weight excluding hydrogens is 354 g/mol. The molecule has 0 spiro atoms. The number of hydrogen-bond acceptors (Lipinski definition) is 4. The zero-order valence-corrected chi connectivity index (χ0v) is 16.5. The van der Waals surface area contributed by atoms with Gasteiger partial charge < -0.3 is 15.0 Å². The van der Waals surface area contributed by atoms with Crippen molar-refractivity contribution in [3.05, 3.63) is 65.2 Å². The maximum Gasteiger partial charge on any atom is 0.338 e. The molecule has 6 nitrogen and oxygen atoms in total. The summed E-state index contributed by atoms with van der Waals surface area (Å²) in [5.41, 5.74) is 3.78. The minimum atomic E-state index is -0.356. The van der Waals surface area contributed by atoms with Gasteiger partial charge in [0.05, 0.1) is 12.2 Å². The monoisotopic (exact) mass is 381 g/mol. The van der Waals surface area contributed by atoms with Gasteiger partial charge in [0.15, 0.2) is 0 Å². The third-order valence-corrected chi connectivity index (χ3v) is 4.96. The van der Waals surface area contributed by atoms with E-state index in [2.05, 4.69) is 41.4 Å². The molecule has 2 aromatic rings. The molecule has 0 atom stereocenters. The summed E-state index contributed by atoms with van der Waals surface area (Å²) in [5, 5.41) is 2.90. The lowest BCUT2D eigenvalue weighted by Crippen LogP contribution is -2.49. The highest BCUT2D eigenvalue weighted by Gasteiger charge is 2.21. The molecular formula is C22H27N3O3. The first-order valence-electron chi connectivity index (χ1n) is 9.67. The maximum absolute atomic E-state index is 12.5. The Hall–Kier alpha value is -2.86. The number of aryl methyl sites for hydroxylation is 1. The summed E-state index contributed by atoms with van der Waals surface area (Å²) >= 11 is 0. The summed E-state index contributed by atoms with van der Waals surface area (Å²) in [5.74, 6) is -0.356. The number of esters is 1. The van der Waals surface area contributed by atoms with Crippen LogP contribution in [0.25, 0.3) is 0 Å². The average Bonchev–Trinajstić information content (AvgIpc) is 2.71. The molecule has 0 unspecified atom stereocenters. The number of urea groups is 1. The van der Waals surface area contributed by atoms with E-state index in [0.29, 0.717) is 30.9 Å². The molecule has 1 heterocycles.